The van der Waals surface area contributed by atoms with Crippen molar-refractivity contribution in [2.24, 2.45) is 32.7 Å². The molecule has 0 fully saturated rings. The van der Waals surface area contributed by atoms with Gasteiger partial charge in [-0.25, -0.2) is 4.99 Å². The monoisotopic (exact) mass is 464 g/mol. The first-order valence-corrected chi connectivity index (χ1v) is 12.0. The second kappa shape index (κ2) is 10.6. The van der Waals surface area contributed by atoms with Gasteiger partial charge in [-0.05, 0) is 57.7 Å². The van der Waals surface area contributed by atoms with E-state index in [4.69, 9.17) is 9.26 Å². The molecular formula is C26H36N6O2. The predicted octanol–water partition coefficient (Wildman–Crippen LogP) is 4.06. The Hall–Kier alpha value is -2.84. The molecule has 0 saturated carbocycles. The molecular weight excluding hydrogens is 428 g/mol. The van der Waals surface area contributed by atoms with Crippen LogP contribution in [0.5, 0.6) is 0 Å². The van der Waals surface area contributed by atoms with Crippen molar-refractivity contribution in [3.05, 3.63) is 52.5 Å². The molecule has 8 heteroatoms. The standard InChI is InChI=1S/C26H36N6O2/c1-15-13-28-8-7-9-29-16(2)19(15)10-21-20-12-24(33-6)22(25-17(3)32-34-18(25)4)11-23(20)31-26(21)30-14-27-5/h7-8,11,13-16,19-20,22,24,29,31H,5,9-10,12H2,1-4,6H3/b8-7-,28-13-,30-14-/t15?,16?,19-,20+,22-,24?/m1/s1. The number of fused-ring (bicyclic) bond motifs is 1. The minimum absolute atomic E-state index is 0.0162. The molecule has 1 aromatic rings. The normalized spacial score (nSPS) is 33.5. The van der Waals surface area contributed by atoms with Crippen LogP contribution in [-0.2, 0) is 4.74 Å². The van der Waals surface area contributed by atoms with Gasteiger partial charge < -0.3 is 19.9 Å². The number of aromatic nitrogens is 1. The van der Waals surface area contributed by atoms with Crippen LogP contribution in [0.15, 0.2) is 54.9 Å². The Balaban J connectivity index is 1.69. The maximum absolute atomic E-state index is 6.02. The van der Waals surface area contributed by atoms with Gasteiger partial charge in [-0.1, -0.05) is 24.2 Å². The van der Waals surface area contributed by atoms with E-state index in [0.29, 0.717) is 17.9 Å². The van der Waals surface area contributed by atoms with Crippen LogP contribution in [0, 0.1) is 31.6 Å². The lowest BCUT2D eigenvalue weighted by molar-refractivity contribution is 0.0695. The number of methoxy groups -OCH3 is 1. The van der Waals surface area contributed by atoms with Crippen LogP contribution in [-0.4, -0.2) is 50.2 Å². The Labute approximate surface area is 202 Å². The average molecular weight is 465 g/mol. The van der Waals surface area contributed by atoms with Gasteiger partial charge in [-0.15, -0.1) is 0 Å². The minimum atomic E-state index is 0.0162. The third kappa shape index (κ3) is 4.83. The molecule has 3 aliphatic rings. The maximum Gasteiger partial charge on any atom is 0.137 e. The molecule has 6 atom stereocenters. The van der Waals surface area contributed by atoms with Crippen molar-refractivity contribution in [3.63, 3.8) is 0 Å². The number of aliphatic imine (C=N–C) groups is 3. The third-order valence-electron chi connectivity index (χ3n) is 7.43. The molecule has 0 saturated heterocycles. The van der Waals surface area contributed by atoms with Crippen LogP contribution in [0.2, 0.25) is 0 Å². The van der Waals surface area contributed by atoms with Crippen molar-refractivity contribution >= 4 is 19.3 Å². The number of ether oxygens (including phenoxy) is 1. The minimum Gasteiger partial charge on any atom is -0.380 e. The Morgan fingerprint density at radius 1 is 1.32 bits per heavy atom. The molecule has 182 valence electrons. The third-order valence-corrected chi connectivity index (χ3v) is 7.43. The summed E-state index contributed by atoms with van der Waals surface area (Å²) in [7, 11) is 1.79. The van der Waals surface area contributed by atoms with Gasteiger partial charge >= 0.3 is 0 Å². The Morgan fingerprint density at radius 3 is 2.85 bits per heavy atom. The van der Waals surface area contributed by atoms with Gasteiger partial charge in [0.1, 0.15) is 17.9 Å². The van der Waals surface area contributed by atoms with E-state index in [1.807, 2.05) is 20.0 Å². The molecule has 1 aliphatic carbocycles. The summed E-state index contributed by atoms with van der Waals surface area (Å²) in [4.78, 5) is 13.0. The SMILES string of the molecule is C=N/C=N\C1=C(C[C@@H]2C(C)/C=N\C=C/CNC2C)[C@@H]2CC(OC)[C@H](c3c(C)noc3C)C=C2N1. The van der Waals surface area contributed by atoms with Gasteiger partial charge in [0.15, 0.2) is 0 Å². The highest BCUT2D eigenvalue weighted by molar-refractivity contribution is 5.64. The summed E-state index contributed by atoms with van der Waals surface area (Å²) in [6.07, 6.45) is 11.6. The molecule has 0 spiro atoms. The number of hydrogen-bond donors (Lipinski definition) is 2. The van der Waals surface area contributed by atoms with Crippen molar-refractivity contribution < 1.29 is 9.26 Å². The number of nitrogens with one attached hydrogen (secondary N) is 2. The van der Waals surface area contributed by atoms with E-state index < -0.39 is 0 Å². The van der Waals surface area contributed by atoms with Crippen molar-refractivity contribution in [2.45, 2.75) is 58.6 Å². The van der Waals surface area contributed by atoms with Crippen LogP contribution in [0.3, 0.4) is 0 Å². The molecule has 2 N–H and O–H groups in total. The molecule has 0 amide bonds. The molecule has 4 rings (SSSR count). The lowest BCUT2D eigenvalue weighted by Gasteiger charge is -2.34. The lowest BCUT2D eigenvalue weighted by Crippen LogP contribution is -2.38. The molecule has 0 aromatic carbocycles. The summed E-state index contributed by atoms with van der Waals surface area (Å²) in [5.41, 5.74) is 4.47. The summed E-state index contributed by atoms with van der Waals surface area (Å²) in [6, 6.07) is 0.323. The molecule has 34 heavy (non-hydrogen) atoms. The number of rotatable bonds is 6. The number of aryl methyl sites for hydroxylation is 2. The van der Waals surface area contributed by atoms with Crippen molar-refractivity contribution in [1.29, 1.82) is 0 Å². The van der Waals surface area contributed by atoms with Crippen LogP contribution in [0.25, 0.3) is 0 Å². The quantitative estimate of drug-likeness (QED) is 0.489. The fraction of sp³-hybridized carbons (Fsp3) is 0.538. The first-order chi connectivity index (χ1) is 16.4. The number of hydrogen-bond acceptors (Lipinski definition) is 7. The second-order valence-electron chi connectivity index (χ2n) is 9.48. The van der Waals surface area contributed by atoms with Gasteiger partial charge in [0.2, 0.25) is 0 Å². The number of allylic oxidation sites excluding steroid dienone is 1. The molecule has 8 nitrogen and oxygen atoms in total. The summed E-state index contributed by atoms with van der Waals surface area (Å²) in [5, 5.41) is 11.4. The van der Waals surface area contributed by atoms with E-state index in [-0.39, 0.29) is 17.9 Å². The highest BCUT2D eigenvalue weighted by atomic mass is 16.5. The smallest absolute Gasteiger partial charge is 0.137 e. The van der Waals surface area contributed by atoms with E-state index in [1.165, 1.54) is 11.9 Å². The summed E-state index contributed by atoms with van der Waals surface area (Å²) < 4.78 is 11.5. The lowest BCUT2D eigenvalue weighted by atomic mass is 9.74. The van der Waals surface area contributed by atoms with Crippen LogP contribution < -0.4 is 10.6 Å². The zero-order valence-electron chi connectivity index (χ0n) is 20.8. The van der Waals surface area contributed by atoms with E-state index in [0.717, 1.165) is 47.9 Å². The van der Waals surface area contributed by atoms with Gasteiger partial charge in [-0.2, -0.15) is 0 Å². The summed E-state index contributed by atoms with van der Waals surface area (Å²) in [6.45, 7) is 12.8. The van der Waals surface area contributed by atoms with E-state index in [9.17, 15) is 0 Å². The van der Waals surface area contributed by atoms with Gasteiger partial charge in [-0.3, -0.25) is 9.98 Å². The number of nitrogens with zero attached hydrogens (tertiary/aromatic N) is 4. The predicted molar refractivity (Wildman–Crippen MR) is 136 cm³/mol. The van der Waals surface area contributed by atoms with Crippen LogP contribution in [0.4, 0.5) is 0 Å². The molecule has 1 aromatic heterocycles. The van der Waals surface area contributed by atoms with Crippen LogP contribution >= 0.6 is 0 Å². The van der Waals surface area contributed by atoms with E-state index in [1.54, 1.807) is 7.11 Å². The van der Waals surface area contributed by atoms with Crippen molar-refractivity contribution in [2.75, 3.05) is 13.7 Å². The van der Waals surface area contributed by atoms with Crippen molar-refractivity contribution in [1.82, 2.24) is 15.8 Å². The Bertz CT molecular complexity index is 1030. The van der Waals surface area contributed by atoms with E-state index in [2.05, 4.69) is 69.7 Å². The zero-order chi connectivity index (χ0) is 24.2. The molecule has 2 aliphatic heterocycles. The summed E-state index contributed by atoms with van der Waals surface area (Å²) in [5.74, 6) is 2.66. The molecule has 0 bridgehead atoms. The highest BCUT2D eigenvalue weighted by Crippen LogP contribution is 2.46. The van der Waals surface area contributed by atoms with Gasteiger partial charge in [0.25, 0.3) is 0 Å². The Kier molecular flexibility index (Phi) is 7.58. The van der Waals surface area contributed by atoms with Gasteiger partial charge in [0.05, 0.1) is 11.8 Å². The van der Waals surface area contributed by atoms with Crippen molar-refractivity contribution in [3.8, 4) is 0 Å². The topological polar surface area (TPSA) is 96.4 Å². The second-order valence-corrected chi connectivity index (χ2v) is 9.48. The maximum atomic E-state index is 6.02. The van der Waals surface area contributed by atoms with Crippen LogP contribution in [0.1, 0.15) is 49.6 Å². The van der Waals surface area contributed by atoms with E-state index >= 15 is 0 Å². The molecule has 0 radical (unpaired) electrons. The first-order valence-electron chi connectivity index (χ1n) is 12.0. The first kappa shape index (κ1) is 24.3. The highest BCUT2D eigenvalue weighted by Gasteiger charge is 2.42. The zero-order valence-corrected chi connectivity index (χ0v) is 20.8. The molecule has 3 unspecified atom stereocenters. The molecule has 3 heterocycles. The fourth-order valence-electron chi connectivity index (χ4n) is 5.58. The largest absolute Gasteiger partial charge is 0.380 e. The summed E-state index contributed by atoms with van der Waals surface area (Å²) >= 11 is 0. The van der Waals surface area contributed by atoms with Gasteiger partial charge in [0, 0.05) is 55.2 Å². The fourth-order valence-corrected chi connectivity index (χ4v) is 5.58. The average Bonchev–Trinajstić information content (AvgIpc) is 3.35. The Morgan fingerprint density at radius 2 is 2.15 bits per heavy atom.